The van der Waals surface area contributed by atoms with Gasteiger partial charge >= 0.3 is 5.97 Å². The van der Waals surface area contributed by atoms with Gasteiger partial charge in [0.15, 0.2) is 0 Å². The summed E-state index contributed by atoms with van der Waals surface area (Å²) in [6, 6.07) is 2.12. The highest BCUT2D eigenvalue weighted by Gasteiger charge is 2.21. The molecular weight excluding hydrogens is 240 g/mol. The van der Waals surface area contributed by atoms with Crippen LogP contribution in [0, 0.1) is 0 Å². The first kappa shape index (κ1) is 13.8. The largest absolute Gasteiger partial charge is 0.480 e. The van der Waals surface area contributed by atoms with Crippen LogP contribution in [0.3, 0.4) is 0 Å². The number of amides is 2. The van der Waals surface area contributed by atoms with Crippen molar-refractivity contribution < 1.29 is 23.9 Å². The van der Waals surface area contributed by atoms with E-state index in [0.717, 1.165) is 0 Å². The first-order valence-corrected chi connectivity index (χ1v) is 5.32. The van der Waals surface area contributed by atoms with E-state index in [9.17, 15) is 14.4 Å². The van der Waals surface area contributed by atoms with Gasteiger partial charge in [-0.05, 0) is 12.1 Å². The topological polar surface area (TPSA) is 123 Å². The van der Waals surface area contributed by atoms with Crippen molar-refractivity contribution in [1.29, 1.82) is 0 Å². The molecule has 0 radical (unpaired) electrons. The average Bonchev–Trinajstić information content (AvgIpc) is 2.77. The Kier molecular flexibility index (Phi) is 4.91. The number of hydrogen-bond acceptors (Lipinski definition) is 4. The number of aliphatic carboxylic acids is 1. The molecule has 0 aromatic carbocycles. The Morgan fingerprint density at radius 2 is 2.17 bits per heavy atom. The summed E-state index contributed by atoms with van der Waals surface area (Å²) in [6.45, 7) is 0. The highest BCUT2D eigenvalue weighted by molar-refractivity contribution is 5.88. The molecule has 1 aromatic rings. The lowest BCUT2D eigenvalue weighted by molar-refractivity contribution is -0.143. The van der Waals surface area contributed by atoms with Gasteiger partial charge in [0.1, 0.15) is 11.8 Å². The highest BCUT2D eigenvalue weighted by Crippen LogP contribution is 2.03. The molecule has 0 aliphatic rings. The van der Waals surface area contributed by atoms with Gasteiger partial charge in [-0.1, -0.05) is 0 Å². The summed E-state index contributed by atoms with van der Waals surface area (Å²) in [4.78, 5) is 32.9. The van der Waals surface area contributed by atoms with Crippen LogP contribution in [-0.2, 0) is 20.8 Å². The highest BCUT2D eigenvalue weighted by atomic mass is 16.4. The Morgan fingerprint density at radius 1 is 1.44 bits per heavy atom. The van der Waals surface area contributed by atoms with E-state index in [1.54, 1.807) is 12.1 Å². The zero-order chi connectivity index (χ0) is 13.5. The van der Waals surface area contributed by atoms with Crippen molar-refractivity contribution in [1.82, 2.24) is 5.32 Å². The van der Waals surface area contributed by atoms with E-state index < -0.39 is 30.2 Å². The fourth-order valence-corrected chi connectivity index (χ4v) is 1.36. The molecule has 0 spiro atoms. The third-order valence-electron chi connectivity index (χ3n) is 2.22. The number of primary amides is 1. The van der Waals surface area contributed by atoms with Gasteiger partial charge in [0.05, 0.1) is 12.7 Å². The van der Waals surface area contributed by atoms with E-state index in [1.807, 2.05) is 0 Å². The first-order valence-electron chi connectivity index (χ1n) is 5.32. The third kappa shape index (κ3) is 4.69. The molecule has 1 aromatic heterocycles. The lowest BCUT2D eigenvalue weighted by Gasteiger charge is -2.12. The monoisotopic (exact) mass is 254 g/mol. The molecule has 0 fully saturated rings. The number of carboxylic acids is 1. The van der Waals surface area contributed by atoms with Crippen LogP contribution in [0.15, 0.2) is 22.8 Å². The SMILES string of the molecule is NC(=O)CC(NC(=O)CCc1ccco1)C(=O)O. The number of carbonyl (C=O) groups is 3. The lowest BCUT2D eigenvalue weighted by atomic mass is 10.2. The summed E-state index contributed by atoms with van der Waals surface area (Å²) in [5.74, 6) is -1.92. The van der Waals surface area contributed by atoms with Crippen molar-refractivity contribution in [2.75, 3.05) is 0 Å². The predicted molar refractivity (Wildman–Crippen MR) is 60.4 cm³/mol. The van der Waals surface area contributed by atoms with Gasteiger partial charge in [0.25, 0.3) is 0 Å². The van der Waals surface area contributed by atoms with Crippen molar-refractivity contribution in [3.05, 3.63) is 24.2 Å². The van der Waals surface area contributed by atoms with Gasteiger partial charge in [-0.25, -0.2) is 4.79 Å². The maximum atomic E-state index is 11.5. The second kappa shape index (κ2) is 6.43. The molecule has 1 heterocycles. The van der Waals surface area contributed by atoms with Gasteiger partial charge in [-0.2, -0.15) is 0 Å². The van der Waals surface area contributed by atoms with E-state index in [0.29, 0.717) is 12.2 Å². The van der Waals surface area contributed by atoms with E-state index in [4.69, 9.17) is 15.3 Å². The van der Waals surface area contributed by atoms with Gasteiger partial charge in [-0.3, -0.25) is 9.59 Å². The Balaban J connectivity index is 2.41. The minimum atomic E-state index is -1.29. The molecule has 0 bridgehead atoms. The molecule has 18 heavy (non-hydrogen) atoms. The fraction of sp³-hybridized carbons (Fsp3) is 0.364. The van der Waals surface area contributed by atoms with Crippen molar-refractivity contribution in [3.8, 4) is 0 Å². The summed E-state index contributed by atoms with van der Waals surface area (Å²) in [7, 11) is 0. The first-order chi connectivity index (χ1) is 8.49. The van der Waals surface area contributed by atoms with E-state index in [2.05, 4.69) is 5.32 Å². The van der Waals surface area contributed by atoms with Crippen molar-refractivity contribution >= 4 is 17.8 Å². The Morgan fingerprint density at radius 3 is 2.67 bits per heavy atom. The smallest absolute Gasteiger partial charge is 0.326 e. The molecule has 0 saturated heterocycles. The molecule has 7 nitrogen and oxygen atoms in total. The maximum absolute atomic E-state index is 11.5. The van der Waals surface area contributed by atoms with Crippen molar-refractivity contribution in [2.24, 2.45) is 5.73 Å². The van der Waals surface area contributed by atoms with Gasteiger partial charge < -0.3 is 20.6 Å². The molecule has 0 aliphatic heterocycles. The summed E-state index contributed by atoms with van der Waals surface area (Å²) >= 11 is 0. The summed E-state index contributed by atoms with van der Waals surface area (Å²) in [6.07, 6.45) is 1.50. The second-order valence-electron chi connectivity index (χ2n) is 3.71. The lowest BCUT2D eigenvalue weighted by Crippen LogP contribution is -2.43. The normalized spacial score (nSPS) is 11.8. The predicted octanol–water partition coefficient (Wildman–Crippen LogP) is -0.343. The maximum Gasteiger partial charge on any atom is 0.326 e. The second-order valence-corrected chi connectivity index (χ2v) is 3.71. The van der Waals surface area contributed by atoms with E-state index in [1.165, 1.54) is 6.26 Å². The quantitative estimate of drug-likeness (QED) is 0.614. The number of carboxylic acid groups (broad SMARTS) is 1. The number of nitrogens with one attached hydrogen (secondary N) is 1. The van der Waals surface area contributed by atoms with Crippen LogP contribution < -0.4 is 11.1 Å². The van der Waals surface area contributed by atoms with E-state index >= 15 is 0 Å². The molecule has 1 unspecified atom stereocenters. The van der Waals surface area contributed by atoms with Crippen LogP contribution >= 0.6 is 0 Å². The van der Waals surface area contributed by atoms with Crippen LogP contribution in [-0.4, -0.2) is 28.9 Å². The Hall–Kier alpha value is -2.31. The molecule has 1 atom stereocenters. The van der Waals surface area contributed by atoms with Crippen LogP contribution in [0.1, 0.15) is 18.6 Å². The zero-order valence-electron chi connectivity index (χ0n) is 9.59. The number of nitrogens with two attached hydrogens (primary N) is 1. The van der Waals surface area contributed by atoms with Crippen LogP contribution in [0.2, 0.25) is 0 Å². The average molecular weight is 254 g/mol. The molecule has 2 amide bonds. The number of furan rings is 1. The molecular formula is C11H14N2O5. The summed E-state index contributed by atoms with van der Waals surface area (Å²) in [5.41, 5.74) is 4.89. The fourth-order valence-electron chi connectivity index (χ4n) is 1.36. The number of hydrogen-bond donors (Lipinski definition) is 3. The third-order valence-corrected chi connectivity index (χ3v) is 2.22. The van der Waals surface area contributed by atoms with Crippen LogP contribution in [0.4, 0.5) is 0 Å². The molecule has 0 saturated carbocycles. The molecule has 4 N–H and O–H groups in total. The molecule has 98 valence electrons. The number of carbonyl (C=O) groups excluding carboxylic acids is 2. The van der Waals surface area contributed by atoms with Crippen molar-refractivity contribution in [2.45, 2.75) is 25.3 Å². The van der Waals surface area contributed by atoms with Crippen molar-refractivity contribution in [3.63, 3.8) is 0 Å². The van der Waals surface area contributed by atoms with Gasteiger partial charge in [0.2, 0.25) is 11.8 Å². The molecule has 7 heteroatoms. The molecule has 1 rings (SSSR count). The van der Waals surface area contributed by atoms with Gasteiger partial charge in [-0.15, -0.1) is 0 Å². The van der Waals surface area contributed by atoms with Gasteiger partial charge in [0, 0.05) is 12.8 Å². The van der Waals surface area contributed by atoms with Crippen LogP contribution in [0.5, 0.6) is 0 Å². The van der Waals surface area contributed by atoms with E-state index in [-0.39, 0.29) is 6.42 Å². The zero-order valence-corrected chi connectivity index (χ0v) is 9.59. The Labute approximate surface area is 103 Å². The summed E-state index contributed by atoms with van der Waals surface area (Å²) in [5, 5.41) is 11.0. The minimum absolute atomic E-state index is 0.0794. The number of rotatable bonds is 7. The summed E-state index contributed by atoms with van der Waals surface area (Å²) < 4.78 is 5.03. The minimum Gasteiger partial charge on any atom is -0.480 e. The van der Waals surface area contributed by atoms with Crippen LogP contribution in [0.25, 0.3) is 0 Å². The Bertz CT molecular complexity index is 427. The standard InChI is InChI=1S/C11H14N2O5/c12-9(14)6-8(11(16)17)13-10(15)4-3-7-2-1-5-18-7/h1-2,5,8H,3-4,6H2,(H2,12,14)(H,13,15)(H,16,17). The number of aryl methyl sites for hydroxylation is 1. The molecule has 0 aliphatic carbocycles.